The predicted octanol–water partition coefficient (Wildman–Crippen LogP) is -3.03. The van der Waals surface area contributed by atoms with E-state index >= 15 is 0 Å². The van der Waals surface area contributed by atoms with E-state index in [-0.39, 0.29) is 23.9 Å². The molecule has 0 aromatic carbocycles. The molecule has 0 amide bonds. The van der Waals surface area contributed by atoms with Crippen molar-refractivity contribution in [1.82, 2.24) is 0 Å². The van der Waals surface area contributed by atoms with E-state index in [9.17, 15) is 5.11 Å². The molecule has 0 radical (unpaired) electrons. The molecule has 0 N–H and O–H groups in total. The molecule has 3 nitrogen and oxygen atoms in total. The third kappa shape index (κ3) is 3.56. The summed E-state index contributed by atoms with van der Waals surface area (Å²) in [7, 11) is 1.17. The first-order valence-corrected chi connectivity index (χ1v) is 5.16. The molecule has 0 bridgehead atoms. The zero-order chi connectivity index (χ0) is 9.07. The van der Waals surface area contributed by atoms with Crippen LogP contribution in [0.3, 0.4) is 0 Å². The van der Waals surface area contributed by atoms with Crippen LogP contribution in [0.25, 0.3) is 0 Å². The van der Waals surface area contributed by atoms with Crippen LogP contribution in [0.1, 0.15) is 13.8 Å². The topological polar surface area (TPSA) is 41.5 Å². The van der Waals surface area contributed by atoms with Gasteiger partial charge in [-0.05, 0) is 0 Å². The van der Waals surface area contributed by atoms with Gasteiger partial charge in [-0.1, -0.05) is 18.9 Å². The van der Waals surface area contributed by atoms with Gasteiger partial charge in [0.15, 0.2) is 0 Å². The summed E-state index contributed by atoms with van der Waals surface area (Å²) in [6.07, 6.45) is 0. The minimum atomic E-state index is -1.91. The summed E-state index contributed by atoms with van der Waals surface area (Å²) in [5.41, 5.74) is 0. The molecule has 0 unspecified atom stereocenters. The first-order valence-electron chi connectivity index (χ1n) is 3.23. The summed E-state index contributed by atoms with van der Waals surface area (Å²) in [5.74, 6) is 0. The van der Waals surface area contributed by atoms with Crippen LogP contribution in [-0.2, 0) is 8.85 Å². The molecule has 0 aromatic heterocycles. The van der Waals surface area contributed by atoms with Gasteiger partial charge in [0.2, 0.25) is 0 Å². The summed E-state index contributed by atoms with van der Waals surface area (Å²) < 4.78 is 10.1. The maximum Gasteiger partial charge on any atom is 1.00 e. The zero-order valence-electron chi connectivity index (χ0n) is 8.21. The molecule has 0 fully saturated rings. The molecule has 0 rings (SSSR count). The van der Waals surface area contributed by atoms with Crippen molar-refractivity contribution in [3.8, 4) is 0 Å². The molecule has 0 aliphatic rings. The predicted molar refractivity (Wildman–Crippen MR) is 47.8 cm³/mol. The normalized spacial score (nSPS) is 11.1. The molecule has 0 aromatic rings. The SMILES string of the molecule is CO[SiH](OC)C(C)(C)C([O-])=S.[Li+]. The maximum atomic E-state index is 10.9. The van der Waals surface area contributed by atoms with Gasteiger partial charge in [-0.25, -0.2) is 0 Å². The van der Waals surface area contributed by atoms with E-state index in [2.05, 4.69) is 12.2 Å². The van der Waals surface area contributed by atoms with Gasteiger partial charge in [-0.3, -0.25) is 0 Å². The molecule has 0 heterocycles. The number of hydrogen-bond donors (Lipinski definition) is 0. The molecule has 0 spiro atoms. The van der Waals surface area contributed by atoms with Crippen molar-refractivity contribution in [3.05, 3.63) is 0 Å². The van der Waals surface area contributed by atoms with Crippen molar-refractivity contribution in [1.29, 1.82) is 0 Å². The van der Waals surface area contributed by atoms with E-state index in [0.717, 1.165) is 0 Å². The van der Waals surface area contributed by atoms with Gasteiger partial charge in [0.1, 0.15) is 0 Å². The smallest absolute Gasteiger partial charge is 0.867 e. The van der Waals surface area contributed by atoms with Gasteiger partial charge in [0, 0.05) is 19.3 Å². The van der Waals surface area contributed by atoms with Crippen LogP contribution < -0.4 is 24.0 Å². The van der Waals surface area contributed by atoms with Gasteiger partial charge in [-0.15, -0.1) is 12.2 Å². The van der Waals surface area contributed by atoms with Crippen molar-refractivity contribution >= 4 is 26.6 Å². The minimum absolute atomic E-state index is 0. The van der Waals surface area contributed by atoms with Gasteiger partial charge in [0.05, 0.1) is 0 Å². The monoisotopic (exact) mass is 200 g/mol. The third-order valence-electron chi connectivity index (χ3n) is 1.54. The molecular weight excluding hydrogens is 187 g/mol. The molecule has 6 heteroatoms. The van der Waals surface area contributed by atoms with Crippen LogP contribution in [0, 0.1) is 0 Å². The fourth-order valence-electron chi connectivity index (χ4n) is 0.782. The molecular formula is C6H13LiO3SSi. The van der Waals surface area contributed by atoms with Crippen molar-refractivity contribution in [2.45, 2.75) is 18.9 Å². The van der Waals surface area contributed by atoms with E-state index in [1.54, 1.807) is 28.1 Å². The minimum Gasteiger partial charge on any atom is -0.867 e. The van der Waals surface area contributed by atoms with Crippen molar-refractivity contribution in [3.63, 3.8) is 0 Å². The Morgan fingerprint density at radius 2 is 1.67 bits per heavy atom. The second kappa shape index (κ2) is 6.14. The van der Waals surface area contributed by atoms with E-state index < -0.39 is 14.3 Å². The molecule has 0 aliphatic carbocycles. The van der Waals surface area contributed by atoms with Gasteiger partial charge in [-0.2, -0.15) is 0 Å². The standard InChI is InChI=1S/C6H14O3SSi.Li/c1-6(2,5(7)10)11(8-3)9-4;/h11H,1-4H3,(H,7,10);/q;+1/p-1. The van der Waals surface area contributed by atoms with Crippen LogP contribution in [0.5, 0.6) is 0 Å². The summed E-state index contributed by atoms with van der Waals surface area (Å²) in [5, 5.41) is 10.0. The largest absolute Gasteiger partial charge is 1.00 e. The Bertz CT molecular complexity index is 150. The number of thiocarbonyl (C=S) groups is 1. The Morgan fingerprint density at radius 1 is 1.33 bits per heavy atom. The van der Waals surface area contributed by atoms with E-state index in [4.69, 9.17) is 8.85 Å². The quantitative estimate of drug-likeness (QED) is 0.358. The van der Waals surface area contributed by atoms with E-state index in [0.29, 0.717) is 0 Å². The first-order chi connectivity index (χ1) is 4.96. The molecule has 0 aliphatic heterocycles. The Labute approximate surface area is 92.5 Å². The van der Waals surface area contributed by atoms with Gasteiger partial charge >= 0.3 is 28.1 Å². The van der Waals surface area contributed by atoms with Crippen molar-refractivity contribution in [2.75, 3.05) is 14.2 Å². The summed E-state index contributed by atoms with van der Waals surface area (Å²) >= 11 is 4.56. The summed E-state index contributed by atoms with van der Waals surface area (Å²) in [4.78, 5) is 0. The Balaban J connectivity index is 0. The van der Waals surface area contributed by atoms with Crippen LogP contribution in [-0.4, -0.2) is 28.6 Å². The Hall–Kier alpha value is 0.624. The first kappa shape index (κ1) is 15.1. The second-order valence-electron chi connectivity index (χ2n) is 2.81. The Kier molecular flexibility index (Phi) is 7.73. The number of rotatable bonds is 4. The molecule has 0 atom stereocenters. The fourth-order valence-corrected chi connectivity index (χ4v) is 2.63. The van der Waals surface area contributed by atoms with Crippen molar-refractivity contribution in [2.24, 2.45) is 0 Å². The average molecular weight is 200 g/mol. The van der Waals surface area contributed by atoms with Crippen LogP contribution in [0.2, 0.25) is 5.04 Å². The zero-order valence-corrected chi connectivity index (χ0v) is 10.2. The van der Waals surface area contributed by atoms with Gasteiger partial charge < -0.3 is 14.0 Å². The van der Waals surface area contributed by atoms with Crippen LogP contribution in [0.4, 0.5) is 0 Å². The fraction of sp³-hybridized carbons (Fsp3) is 0.833. The van der Waals surface area contributed by atoms with Crippen LogP contribution >= 0.6 is 12.2 Å². The van der Waals surface area contributed by atoms with Gasteiger partial charge in [0.25, 0.3) is 0 Å². The summed E-state index contributed by atoms with van der Waals surface area (Å²) in [6.45, 7) is 3.51. The second-order valence-corrected chi connectivity index (χ2v) is 6.23. The van der Waals surface area contributed by atoms with E-state index in [1.165, 1.54) is 0 Å². The number of hydrogen-bond acceptors (Lipinski definition) is 4. The Morgan fingerprint density at radius 3 is 1.75 bits per heavy atom. The van der Waals surface area contributed by atoms with Crippen molar-refractivity contribution < 1.29 is 32.8 Å². The molecule has 0 saturated carbocycles. The molecule has 66 valence electrons. The maximum absolute atomic E-state index is 10.9. The van der Waals surface area contributed by atoms with Crippen LogP contribution in [0.15, 0.2) is 0 Å². The molecule has 12 heavy (non-hydrogen) atoms. The molecule has 0 saturated heterocycles. The third-order valence-corrected chi connectivity index (χ3v) is 4.58. The average Bonchev–Trinajstić information content (AvgIpc) is 1.89. The summed E-state index contributed by atoms with van der Waals surface area (Å²) in [6, 6.07) is 0. The van der Waals surface area contributed by atoms with E-state index in [1.807, 2.05) is 0 Å².